The smallest absolute Gasteiger partial charge is 0.306 e. The lowest BCUT2D eigenvalue weighted by molar-refractivity contribution is -0.147. The molecule has 6 heteroatoms. The Kier molecular flexibility index (Phi) is 6.37. The van der Waals surface area contributed by atoms with E-state index in [9.17, 15) is 14.4 Å². The summed E-state index contributed by atoms with van der Waals surface area (Å²) in [6.45, 7) is 6.71. The summed E-state index contributed by atoms with van der Waals surface area (Å²) in [6.07, 6.45) is -0.810. The lowest BCUT2D eigenvalue weighted by Crippen LogP contribution is -2.25. The number of benzene rings is 1. The van der Waals surface area contributed by atoms with Gasteiger partial charge in [0, 0.05) is 34.1 Å². The fraction of sp³-hybridized carbons (Fsp3) is 0.350. The number of rotatable bonds is 7. The van der Waals surface area contributed by atoms with Crippen LogP contribution >= 0.6 is 11.6 Å². The Bertz CT molecular complexity index is 836. The summed E-state index contributed by atoms with van der Waals surface area (Å²) < 4.78 is 7.13. The topological polar surface area (TPSA) is 65.4 Å². The summed E-state index contributed by atoms with van der Waals surface area (Å²) in [5, 5.41) is 0.638. The number of Topliss-reactive ketones (excluding diaryl/α,β-unsaturated/α-hetero) is 2. The van der Waals surface area contributed by atoms with Crippen LogP contribution in [-0.2, 0) is 14.3 Å². The molecule has 1 atom stereocenters. The van der Waals surface area contributed by atoms with Gasteiger partial charge in [-0.2, -0.15) is 0 Å². The van der Waals surface area contributed by atoms with E-state index < -0.39 is 12.1 Å². The number of aromatic nitrogens is 1. The number of aryl methyl sites for hydroxylation is 1. The number of nitrogens with zero attached hydrogens (tertiary/aromatic N) is 1. The zero-order chi connectivity index (χ0) is 19.4. The molecule has 0 aliphatic rings. The molecule has 0 unspecified atom stereocenters. The summed E-state index contributed by atoms with van der Waals surface area (Å²) in [4.78, 5) is 35.4. The van der Waals surface area contributed by atoms with Gasteiger partial charge in [0.25, 0.3) is 0 Å². The van der Waals surface area contributed by atoms with Crippen molar-refractivity contribution in [3.8, 4) is 5.69 Å². The standard InChI is InChI=1S/C20H22ClNO4/c1-12-11-18(14(3)22(12)17-8-6-16(21)7-9-17)20(25)15(4)26-19(24)10-5-13(2)23/h6-9,11,15H,5,10H2,1-4H3/t15-/m1/s1. The molecule has 1 aromatic heterocycles. The molecule has 1 heterocycles. The van der Waals surface area contributed by atoms with Crippen LogP contribution in [0.3, 0.4) is 0 Å². The highest BCUT2D eigenvalue weighted by atomic mass is 35.5. The minimum absolute atomic E-state index is 0.0171. The van der Waals surface area contributed by atoms with E-state index in [0.717, 1.165) is 17.1 Å². The summed E-state index contributed by atoms with van der Waals surface area (Å²) >= 11 is 5.94. The van der Waals surface area contributed by atoms with Crippen molar-refractivity contribution < 1.29 is 19.1 Å². The lowest BCUT2D eigenvalue weighted by Gasteiger charge is -2.13. The lowest BCUT2D eigenvalue weighted by atomic mass is 10.1. The number of ether oxygens (including phenoxy) is 1. The summed E-state index contributed by atoms with van der Waals surface area (Å²) in [7, 11) is 0. The van der Waals surface area contributed by atoms with Crippen molar-refractivity contribution in [2.24, 2.45) is 0 Å². The molecule has 1 aromatic carbocycles. The maximum atomic E-state index is 12.7. The average molecular weight is 376 g/mol. The predicted molar refractivity (Wildman–Crippen MR) is 100 cm³/mol. The van der Waals surface area contributed by atoms with Crippen LogP contribution < -0.4 is 0 Å². The number of esters is 1. The second-order valence-corrected chi connectivity index (χ2v) is 6.73. The van der Waals surface area contributed by atoms with Crippen molar-refractivity contribution in [1.29, 1.82) is 0 Å². The van der Waals surface area contributed by atoms with Gasteiger partial charge in [0.1, 0.15) is 5.78 Å². The number of carbonyl (C=O) groups excluding carboxylic acids is 3. The van der Waals surface area contributed by atoms with Gasteiger partial charge < -0.3 is 14.1 Å². The van der Waals surface area contributed by atoms with Crippen LogP contribution in [0, 0.1) is 13.8 Å². The fourth-order valence-corrected chi connectivity index (χ4v) is 2.93. The Morgan fingerprint density at radius 2 is 1.73 bits per heavy atom. The molecule has 0 spiro atoms. The van der Waals surface area contributed by atoms with E-state index in [0.29, 0.717) is 10.6 Å². The predicted octanol–water partition coefficient (Wildman–Crippen LogP) is 4.23. The first-order valence-electron chi connectivity index (χ1n) is 8.38. The fourth-order valence-electron chi connectivity index (χ4n) is 2.81. The molecule has 0 fully saturated rings. The summed E-state index contributed by atoms with van der Waals surface area (Å²) in [5.41, 5.74) is 3.06. The van der Waals surface area contributed by atoms with E-state index in [-0.39, 0.29) is 24.4 Å². The zero-order valence-electron chi connectivity index (χ0n) is 15.3. The molecule has 0 N–H and O–H groups in total. The first kappa shape index (κ1) is 19.9. The highest BCUT2D eigenvalue weighted by Gasteiger charge is 2.24. The Labute approximate surface area is 157 Å². The van der Waals surface area contributed by atoms with Gasteiger partial charge in [-0.05, 0) is 58.0 Å². The minimum atomic E-state index is -0.909. The van der Waals surface area contributed by atoms with E-state index in [4.69, 9.17) is 16.3 Å². The number of carbonyl (C=O) groups is 3. The van der Waals surface area contributed by atoms with Gasteiger partial charge in [0.2, 0.25) is 5.78 Å². The third-order valence-corrected chi connectivity index (χ3v) is 4.39. The summed E-state index contributed by atoms with van der Waals surface area (Å²) in [5.74, 6) is -0.908. The van der Waals surface area contributed by atoms with E-state index >= 15 is 0 Å². The highest BCUT2D eigenvalue weighted by Crippen LogP contribution is 2.23. The molecule has 0 aliphatic heterocycles. The Morgan fingerprint density at radius 1 is 1.12 bits per heavy atom. The highest BCUT2D eigenvalue weighted by molar-refractivity contribution is 6.30. The maximum Gasteiger partial charge on any atom is 0.306 e. The van der Waals surface area contributed by atoms with E-state index in [2.05, 4.69) is 0 Å². The number of hydrogen-bond donors (Lipinski definition) is 0. The monoisotopic (exact) mass is 375 g/mol. The molecule has 5 nitrogen and oxygen atoms in total. The van der Waals surface area contributed by atoms with Crippen LogP contribution in [0.25, 0.3) is 5.69 Å². The zero-order valence-corrected chi connectivity index (χ0v) is 16.1. The van der Waals surface area contributed by atoms with Gasteiger partial charge in [-0.1, -0.05) is 11.6 Å². The van der Waals surface area contributed by atoms with Crippen LogP contribution in [0.1, 0.15) is 48.4 Å². The molecule has 138 valence electrons. The van der Waals surface area contributed by atoms with Crippen molar-refractivity contribution in [3.63, 3.8) is 0 Å². The van der Waals surface area contributed by atoms with Gasteiger partial charge in [0.05, 0.1) is 6.42 Å². The van der Waals surface area contributed by atoms with Crippen molar-refractivity contribution >= 4 is 29.1 Å². The average Bonchev–Trinajstić information content (AvgIpc) is 2.87. The first-order valence-corrected chi connectivity index (χ1v) is 8.76. The number of ketones is 2. The largest absolute Gasteiger partial charge is 0.454 e. The maximum absolute atomic E-state index is 12.7. The van der Waals surface area contributed by atoms with Crippen molar-refractivity contribution in [2.75, 3.05) is 0 Å². The Hall–Kier alpha value is -2.40. The molecular weight excluding hydrogens is 354 g/mol. The van der Waals surface area contributed by atoms with Crippen molar-refractivity contribution in [2.45, 2.75) is 46.6 Å². The van der Waals surface area contributed by atoms with Gasteiger partial charge >= 0.3 is 5.97 Å². The molecule has 0 aliphatic carbocycles. The number of hydrogen-bond acceptors (Lipinski definition) is 4. The third-order valence-electron chi connectivity index (χ3n) is 4.14. The van der Waals surface area contributed by atoms with Crippen LogP contribution in [-0.4, -0.2) is 28.2 Å². The molecule has 0 saturated heterocycles. The normalized spacial score (nSPS) is 11.9. The van der Waals surface area contributed by atoms with Gasteiger partial charge in [-0.25, -0.2) is 0 Å². The van der Waals surface area contributed by atoms with Gasteiger partial charge in [0.15, 0.2) is 6.10 Å². The first-order chi connectivity index (χ1) is 12.2. The molecule has 2 aromatic rings. The van der Waals surface area contributed by atoms with Gasteiger partial charge in [-0.15, -0.1) is 0 Å². The van der Waals surface area contributed by atoms with Crippen LogP contribution in [0.15, 0.2) is 30.3 Å². The quantitative estimate of drug-likeness (QED) is 0.536. The number of halogens is 1. The molecule has 0 amide bonds. The van der Waals surface area contributed by atoms with E-state index in [1.807, 2.05) is 30.5 Å². The molecule has 0 saturated carbocycles. The molecule has 0 bridgehead atoms. The van der Waals surface area contributed by atoms with Gasteiger partial charge in [-0.3, -0.25) is 9.59 Å². The molecule has 26 heavy (non-hydrogen) atoms. The molecular formula is C20H22ClNO4. The van der Waals surface area contributed by atoms with E-state index in [1.54, 1.807) is 25.1 Å². The summed E-state index contributed by atoms with van der Waals surface area (Å²) in [6, 6.07) is 9.11. The minimum Gasteiger partial charge on any atom is -0.454 e. The van der Waals surface area contributed by atoms with Crippen molar-refractivity contribution in [1.82, 2.24) is 4.57 Å². The third kappa shape index (κ3) is 4.61. The van der Waals surface area contributed by atoms with Crippen LogP contribution in [0.5, 0.6) is 0 Å². The molecule has 0 radical (unpaired) electrons. The Morgan fingerprint density at radius 3 is 2.31 bits per heavy atom. The second kappa shape index (κ2) is 8.32. The van der Waals surface area contributed by atoms with Crippen LogP contribution in [0.2, 0.25) is 5.02 Å². The Balaban J connectivity index is 2.19. The van der Waals surface area contributed by atoms with Crippen molar-refractivity contribution in [3.05, 3.63) is 52.3 Å². The van der Waals surface area contributed by atoms with E-state index in [1.165, 1.54) is 6.92 Å². The van der Waals surface area contributed by atoms with Crippen LogP contribution in [0.4, 0.5) is 0 Å². The second-order valence-electron chi connectivity index (χ2n) is 6.29. The molecule has 2 rings (SSSR count). The SMILES string of the molecule is CC(=O)CCC(=O)O[C@H](C)C(=O)c1cc(C)n(-c2ccc(Cl)cc2)c1C.